The highest BCUT2D eigenvalue weighted by atomic mass is 35.5. The zero-order valence-electron chi connectivity index (χ0n) is 17.0. The van der Waals surface area contributed by atoms with Crippen LogP contribution in [0.25, 0.3) is 0 Å². The number of ether oxygens (including phenoxy) is 2. The first kappa shape index (κ1) is 21.2. The molecule has 0 bridgehead atoms. The fourth-order valence-corrected chi connectivity index (χ4v) is 4.71. The van der Waals surface area contributed by atoms with Gasteiger partial charge in [-0.25, -0.2) is 5.01 Å². The summed E-state index contributed by atoms with van der Waals surface area (Å²) in [6.45, 7) is 4.13. The molecule has 0 amide bonds. The van der Waals surface area contributed by atoms with Crippen LogP contribution in [0.15, 0.2) is 78.4 Å². The van der Waals surface area contributed by atoms with Gasteiger partial charge < -0.3 is 9.47 Å². The van der Waals surface area contributed by atoms with E-state index in [0.29, 0.717) is 33.8 Å². The van der Waals surface area contributed by atoms with E-state index >= 15 is 0 Å². The van der Waals surface area contributed by atoms with E-state index in [-0.39, 0.29) is 6.04 Å². The fourth-order valence-electron chi connectivity index (χ4n) is 4.04. The van der Waals surface area contributed by atoms with Crippen molar-refractivity contribution in [2.45, 2.75) is 18.7 Å². The van der Waals surface area contributed by atoms with Crippen LogP contribution in [-0.2, 0) is 0 Å². The van der Waals surface area contributed by atoms with Crippen LogP contribution in [0.3, 0.4) is 0 Å². The van der Waals surface area contributed by atoms with Crippen molar-refractivity contribution in [2.75, 3.05) is 6.61 Å². The van der Waals surface area contributed by atoms with Gasteiger partial charge in [-0.15, -0.1) is 0 Å². The average Bonchev–Trinajstić information content (AvgIpc) is 3.24. The van der Waals surface area contributed by atoms with Crippen molar-refractivity contribution >= 4 is 40.5 Å². The van der Waals surface area contributed by atoms with Gasteiger partial charge in [0.25, 0.3) is 0 Å². The topological polar surface area (TPSA) is 34.1 Å². The van der Waals surface area contributed by atoms with Gasteiger partial charge in [0.05, 0.1) is 16.8 Å². The molecule has 0 saturated carbocycles. The molecule has 2 heterocycles. The smallest absolute Gasteiger partial charge is 0.213 e. The normalized spacial score (nSPS) is 19.0. The molecule has 4 nitrogen and oxygen atoms in total. The van der Waals surface area contributed by atoms with Crippen LogP contribution >= 0.6 is 34.8 Å². The van der Waals surface area contributed by atoms with Crippen LogP contribution in [0.1, 0.15) is 35.4 Å². The highest BCUT2D eigenvalue weighted by Gasteiger charge is 2.42. The number of fused-ring (bicyclic) bond motifs is 3. The summed E-state index contributed by atoms with van der Waals surface area (Å²) >= 11 is 18.9. The molecule has 3 aromatic rings. The van der Waals surface area contributed by atoms with Gasteiger partial charge in [-0.2, -0.15) is 5.10 Å². The molecule has 0 saturated heterocycles. The maximum absolute atomic E-state index is 6.53. The molecular formula is C25H19Cl3N2O2. The molecule has 32 heavy (non-hydrogen) atoms. The summed E-state index contributed by atoms with van der Waals surface area (Å²) in [5, 5.41) is 8.68. The summed E-state index contributed by atoms with van der Waals surface area (Å²) in [7, 11) is 0. The molecule has 0 fully saturated rings. The van der Waals surface area contributed by atoms with Gasteiger partial charge in [-0.1, -0.05) is 59.6 Å². The van der Waals surface area contributed by atoms with E-state index in [1.807, 2.05) is 59.6 Å². The minimum Gasteiger partial charge on any atom is -0.490 e. The molecule has 7 heteroatoms. The Balaban J connectivity index is 1.55. The fraction of sp³-hybridized carbons (Fsp3) is 0.160. The quantitative estimate of drug-likeness (QED) is 0.352. The van der Waals surface area contributed by atoms with Crippen molar-refractivity contribution in [1.29, 1.82) is 0 Å². The lowest BCUT2D eigenvalue weighted by molar-refractivity contribution is -0.0189. The molecule has 2 aliphatic rings. The molecule has 162 valence electrons. The van der Waals surface area contributed by atoms with Crippen molar-refractivity contribution in [1.82, 2.24) is 5.01 Å². The van der Waals surface area contributed by atoms with E-state index in [4.69, 9.17) is 49.4 Å². The number of halogens is 3. The predicted molar refractivity (Wildman–Crippen MR) is 129 cm³/mol. The van der Waals surface area contributed by atoms with Crippen LogP contribution in [0.2, 0.25) is 15.1 Å². The molecule has 0 aromatic heterocycles. The van der Waals surface area contributed by atoms with E-state index in [2.05, 4.69) is 6.58 Å². The number of rotatable bonds is 5. The molecule has 2 aliphatic heterocycles. The Kier molecular flexibility index (Phi) is 5.76. The van der Waals surface area contributed by atoms with Crippen LogP contribution in [-0.4, -0.2) is 17.3 Å². The summed E-state index contributed by atoms with van der Waals surface area (Å²) in [4.78, 5) is 0. The SMILES string of the molecule is C=CCOc1ccc([C@@H]2Oc3c(Cl)cc(Cl)cc3[C@H]3CC(c4ccc(Cl)cc4)=NN32)cc1. The van der Waals surface area contributed by atoms with E-state index in [9.17, 15) is 0 Å². The number of hydrogen-bond donors (Lipinski definition) is 0. The Bertz CT molecular complexity index is 1190. The minimum atomic E-state index is -0.440. The maximum Gasteiger partial charge on any atom is 0.213 e. The third-order valence-corrected chi connectivity index (χ3v) is 6.27. The Hall–Kier alpha value is -2.66. The first-order chi connectivity index (χ1) is 15.5. The first-order valence-corrected chi connectivity index (χ1v) is 11.3. The van der Waals surface area contributed by atoms with Gasteiger partial charge in [0, 0.05) is 27.6 Å². The van der Waals surface area contributed by atoms with Gasteiger partial charge in [0.15, 0.2) is 0 Å². The van der Waals surface area contributed by atoms with Gasteiger partial charge in [0.2, 0.25) is 6.23 Å². The lowest BCUT2D eigenvalue weighted by Gasteiger charge is -2.38. The molecule has 0 radical (unpaired) electrons. The van der Waals surface area contributed by atoms with E-state index < -0.39 is 6.23 Å². The first-order valence-electron chi connectivity index (χ1n) is 10.1. The molecule has 0 unspecified atom stereocenters. The second-order valence-electron chi connectivity index (χ2n) is 7.60. The Morgan fingerprint density at radius 1 is 1.03 bits per heavy atom. The predicted octanol–water partition coefficient (Wildman–Crippen LogP) is 7.45. The third-order valence-electron chi connectivity index (χ3n) is 5.52. The minimum absolute atomic E-state index is 0.0534. The zero-order chi connectivity index (χ0) is 22.2. The molecule has 5 rings (SSSR count). The van der Waals surface area contributed by atoms with Gasteiger partial charge in [-0.05, 0) is 54.1 Å². The molecular weight excluding hydrogens is 467 g/mol. The summed E-state index contributed by atoms with van der Waals surface area (Å²) < 4.78 is 12.0. The average molecular weight is 486 g/mol. The number of benzene rings is 3. The van der Waals surface area contributed by atoms with Crippen LogP contribution in [0.4, 0.5) is 0 Å². The van der Waals surface area contributed by atoms with Crippen LogP contribution < -0.4 is 9.47 Å². The van der Waals surface area contributed by atoms with Gasteiger partial charge in [0.1, 0.15) is 18.1 Å². The summed E-state index contributed by atoms with van der Waals surface area (Å²) in [6, 6.07) is 19.0. The van der Waals surface area contributed by atoms with Crippen LogP contribution in [0.5, 0.6) is 11.5 Å². The zero-order valence-corrected chi connectivity index (χ0v) is 19.2. The molecule has 0 N–H and O–H groups in total. The summed E-state index contributed by atoms with van der Waals surface area (Å²) in [5.41, 5.74) is 3.84. The van der Waals surface area contributed by atoms with E-state index in [1.165, 1.54) is 0 Å². The highest BCUT2D eigenvalue weighted by molar-refractivity contribution is 6.35. The summed E-state index contributed by atoms with van der Waals surface area (Å²) in [5.74, 6) is 1.40. The summed E-state index contributed by atoms with van der Waals surface area (Å²) in [6.07, 6.45) is 1.97. The number of hydrazone groups is 1. The van der Waals surface area contributed by atoms with Gasteiger partial charge in [-0.3, -0.25) is 0 Å². The monoisotopic (exact) mass is 484 g/mol. The molecule has 3 aromatic carbocycles. The number of hydrogen-bond acceptors (Lipinski definition) is 4. The van der Waals surface area contributed by atoms with Gasteiger partial charge >= 0.3 is 0 Å². The Labute approximate surface area is 201 Å². The van der Waals surface area contributed by atoms with Crippen molar-refractivity contribution in [3.05, 3.63) is 105 Å². The largest absolute Gasteiger partial charge is 0.490 e. The van der Waals surface area contributed by atoms with Crippen LogP contribution in [0, 0.1) is 0 Å². The molecule has 2 atom stereocenters. The van der Waals surface area contributed by atoms with Crippen molar-refractivity contribution in [3.63, 3.8) is 0 Å². The number of nitrogens with zero attached hydrogens (tertiary/aromatic N) is 2. The van der Waals surface area contributed by atoms with Crippen molar-refractivity contribution in [2.24, 2.45) is 5.10 Å². The third kappa shape index (κ3) is 3.95. The standard InChI is InChI=1S/C25H19Cl3N2O2/c1-2-11-31-19-9-5-16(6-10-19)25-30-23(20-12-18(27)13-21(28)24(20)32-25)14-22(29-30)15-3-7-17(26)8-4-15/h2-10,12-13,23,25H,1,11,14H2/t23-,25+/m1/s1. The van der Waals surface area contributed by atoms with E-state index in [0.717, 1.165) is 28.2 Å². The second-order valence-corrected chi connectivity index (χ2v) is 8.88. The van der Waals surface area contributed by atoms with E-state index in [1.54, 1.807) is 12.1 Å². The Morgan fingerprint density at radius 3 is 2.50 bits per heavy atom. The molecule has 0 aliphatic carbocycles. The highest BCUT2D eigenvalue weighted by Crippen LogP contribution is 2.50. The lowest BCUT2D eigenvalue weighted by atomic mass is 9.96. The Morgan fingerprint density at radius 2 is 1.78 bits per heavy atom. The molecule has 0 spiro atoms. The maximum atomic E-state index is 6.53. The second kappa shape index (κ2) is 8.70. The van der Waals surface area contributed by atoms with Crippen molar-refractivity contribution < 1.29 is 9.47 Å². The lowest BCUT2D eigenvalue weighted by Crippen LogP contribution is -2.33. The van der Waals surface area contributed by atoms with Crippen molar-refractivity contribution in [3.8, 4) is 11.5 Å².